The maximum absolute atomic E-state index is 12.6. The van der Waals surface area contributed by atoms with Gasteiger partial charge in [-0.3, -0.25) is 0 Å². The molecule has 1 unspecified atom stereocenters. The van der Waals surface area contributed by atoms with Crippen LogP contribution >= 0.6 is 0 Å². The highest BCUT2D eigenvalue weighted by atomic mass is 19.4. The third-order valence-corrected chi connectivity index (χ3v) is 3.87. The minimum absolute atomic E-state index is 0.270. The van der Waals surface area contributed by atoms with Crippen molar-refractivity contribution in [3.8, 4) is 12.3 Å². The molecule has 1 atom stereocenters. The Morgan fingerprint density at radius 3 is 2.33 bits per heavy atom. The van der Waals surface area contributed by atoms with Crippen molar-refractivity contribution >= 4 is 0 Å². The van der Waals surface area contributed by atoms with Crippen LogP contribution in [0.25, 0.3) is 0 Å². The van der Waals surface area contributed by atoms with Crippen molar-refractivity contribution in [1.29, 1.82) is 0 Å². The van der Waals surface area contributed by atoms with Crippen LogP contribution in [0.1, 0.15) is 45.4 Å². The first-order valence-corrected chi connectivity index (χ1v) is 6.72. The average Bonchev–Trinajstić information content (AvgIpc) is 2.33. The smallest absolute Gasteiger partial charge is 0.314 e. The second-order valence-electron chi connectivity index (χ2n) is 5.06. The molecule has 4 heteroatoms. The average molecular weight is 261 g/mol. The topological polar surface area (TPSA) is 12.0 Å². The van der Waals surface area contributed by atoms with Crippen molar-refractivity contribution in [2.75, 3.05) is 6.54 Å². The molecule has 0 amide bonds. The van der Waals surface area contributed by atoms with Crippen LogP contribution in [-0.4, -0.2) is 18.8 Å². The summed E-state index contributed by atoms with van der Waals surface area (Å²) in [6.07, 6.45) is 4.66. The van der Waals surface area contributed by atoms with E-state index in [-0.39, 0.29) is 18.9 Å². The van der Waals surface area contributed by atoms with Crippen LogP contribution in [0.15, 0.2) is 0 Å². The summed E-state index contributed by atoms with van der Waals surface area (Å²) < 4.78 is 37.7. The van der Waals surface area contributed by atoms with Crippen LogP contribution in [0.3, 0.4) is 0 Å². The monoisotopic (exact) mass is 261 g/mol. The van der Waals surface area contributed by atoms with Gasteiger partial charge in [0.05, 0.1) is 5.92 Å². The molecule has 1 fully saturated rings. The minimum Gasteiger partial charge on any atom is -0.314 e. The maximum atomic E-state index is 12.6. The first-order valence-electron chi connectivity index (χ1n) is 6.72. The van der Waals surface area contributed by atoms with Gasteiger partial charge in [-0.05, 0) is 44.6 Å². The molecule has 0 aromatic heterocycles. The second kappa shape index (κ2) is 7.04. The third kappa shape index (κ3) is 4.53. The van der Waals surface area contributed by atoms with E-state index in [4.69, 9.17) is 6.42 Å². The molecular formula is C14H22F3N. The van der Waals surface area contributed by atoms with Crippen LogP contribution < -0.4 is 5.32 Å². The lowest BCUT2D eigenvalue weighted by atomic mass is 9.77. The molecule has 18 heavy (non-hydrogen) atoms. The number of nitrogens with one attached hydrogen (secondary N) is 1. The predicted octanol–water partition coefficient (Wildman–Crippen LogP) is 3.75. The number of rotatable bonds is 5. The van der Waals surface area contributed by atoms with E-state index in [1.807, 2.05) is 6.92 Å². The largest absolute Gasteiger partial charge is 0.391 e. The molecule has 1 rings (SSSR count). The summed E-state index contributed by atoms with van der Waals surface area (Å²) >= 11 is 0. The Hall–Kier alpha value is -0.690. The Kier molecular flexibility index (Phi) is 6.01. The lowest BCUT2D eigenvalue weighted by Crippen LogP contribution is -2.39. The van der Waals surface area contributed by atoms with Crippen LogP contribution in [-0.2, 0) is 0 Å². The van der Waals surface area contributed by atoms with Crippen LogP contribution in [0.4, 0.5) is 13.2 Å². The van der Waals surface area contributed by atoms with Gasteiger partial charge in [0.25, 0.3) is 0 Å². The summed E-state index contributed by atoms with van der Waals surface area (Å²) in [7, 11) is 0. The van der Waals surface area contributed by atoms with Gasteiger partial charge in [-0.1, -0.05) is 6.92 Å². The predicted molar refractivity (Wildman–Crippen MR) is 67.0 cm³/mol. The third-order valence-electron chi connectivity index (χ3n) is 3.87. The zero-order valence-electron chi connectivity index (χ0n) is 10.9. The molecule has 0 spiro atoms. The highest BCUT2D eigenvalue weighted by Gasteiger charge is 2.42. The van der Waals surface area contributed by atoms with Gasteiger partial charge in [0.1, 0.15) is 0 Å². The van der Waals surface area contributed by atoms with Crippen molar-refractivity contribution in [1.82, 2.24) is 5.32 Å². The molecule has 1 nitrogen and oxygen atoms in total. The number of hydrogen-bond donors (Lipinski definition) is 1. The van der Waals surface area contributed by atoms with Crippen molar-refractivity contribution in [3.63, 3.8) is 0 Å². The molecule has 104 valence electrons. The molecule has 0 aromatic carbocycles. The van der Waals surface area contributed by atoms with Gasteiger partial charge >= 0.3 is 6.18 Å². The fourth-order valence-corrected chi connectivity index (χ4v) is 2.85. The van der Waals surface area contributed by atoms with Gasteiger partial charge in [0.15, 0.2) is 0 Å². The van der Waals surface area contributed by atoms with E-state index in [9.17, 15) is 13.2 Å². The minimum atomic E-state index is -4.02. The zero-order valence-corrected chi connectivity index (χ0v) is 10.9. The second-order valence-corrected chi connectivity index (χ2v) is 5.06. The van der Waals surface area contributed by atoms with Gasteiger partial charge in [0, 0.05) is 12.5 Å². The standard InChI is InChI=1S/C14H22F3N/c1-3-5-6-13(18-4-2)11-7-9-12(10-8-11)14(15,16)17/h1,11-13,18H,4-10H2,2H3. The Morgan fingerprint density at radius 1 is 1.28 bits per heavy atom. The van der Waals surface area contributed by atoms with E-state index in [0.717, 1.165) is 13.0 Å². The lowest BCUT2D eigenvalue weighted by Gasteiger charge is -2.34. The summed E-state index contributed by atoms with van der Waals surface area (Å²) in [6, 6.07) is 0.278. The molecule has 0 heterocycles. The molecule has 1 aliphatic carbocycles. The molecule has 0 radical (unpaired) electrons. The van der Waals surface area contributed by atoms with Gasteiger partial charge in [-0.15, -0.1) is 12.3 Å². The first-order chi connectivity index (χ1) is 8.49. The summed E-state index contributed by atoms with van der Waals surface area (Å²) in [5.74, 6) is 1.86. The molecule has 1 N–H and O–H groups in total. The summed E-state index contributed by atoms with van der Waals surface area (Å²) in [5, 5.41) is 3.36. The van der Waals surface area contributed by atoms with Crippen molar-refractivity contribution in [2.45, 2.75) is 57.7 Å². The molecule has 0 aromatic rings. The normalized spacial score (nSPS) is 26.6. The number of halogens is 3. The number of terminal acetylenes is 1. The summed E-state index contributed by atoms with van der Waals surface area (Å²) in [5.41, 5.74) is 0. The molecule has 0 aliphatic heterocycles. The Bertz CT molecular complexity index is 272. The fourth-order valence-electron chi connectivity index (χ4n) is 2.85. The molecule has 1 aliphatic rings. The van der Waals surface area contributed by atoms with Gasteiger partial charge in [-0.2, -0.15) is 13.2 Å². The molecule has 0 bridgehead atoms. The van der Waals surface area contributed by atoms with E-state index in [1.165, 1.54) is 0 Å². The van der Waals surface area contributed by atoms with E-state index in [1.54, 1.807) is 0 Å². The number of alkyl halides is 3. The first kappa shape index (κ1) is 15.4. The van der Waals surface area contributed by atoms with Crippen LogP contribution in [0.2, 0.25) is 0 Å². The Labute approximate surface area is 108 Å². The van der Waals surface area contributed by atoms with E-state index < -0.39 is 12.1 Å². The quantitative estimate of drug-likeness (QED) is 0.743. The number of hydrogen-bond acceptors (Lipinski definition) is 1. The van der Waals surface area contributed by atoms with Crippen LogP contribution in [0, 0.1) is 24.2 Å². The Balaban J connectivity index is 2.46. The Morgan fingerprint density at radius 2 is 1.89 bits per heavy atom. The lowest BCUT2D eigenvalue weighted by molar-refractivity contribution is -0.184. The van der Waals surface area contributed by atoms with Crippen molar-refractivity contribution in [2.24, 2.45) is 11.8 Å². The highest BCUT2D eigenvalue weighted by molar-refractivity contribution is 4.89. The van der Waals surface area contributed by atoms with Gasteiger partial charge in [-0.25, -0.2) is 0 Å². The van der Waals surface area contributed by atoms with Crippen LogP contribution in [0.5, 0.6) is 0 Å². The van der Waals surface area contributed by atoms with Gasteiger partial charge < -0.3 is 5.32 Å². The zero-order chi connectivity index (χ0) is 13.6. The summed E-state index contributed by atoms with van der Waals surface area (Å²) in [6.45, 7) is 2.86. The fraction of sp³-hybridized carbons (Fsp3) is 0.857. The molecular weight excluding hydrogens is 239 g/mol. The van der Waals surface area contributed by atoms with E-state index >= 15 is 0 Å². The highest BCUT2D eigenvalue weighted by Crippen LogP contribution is 2.40. The SMILES string of the molecule is C#CCCC(NCC)C1CCC(C(F)(F)F)CC1. The van der Waals surface area contributed by atoms with E-state index in [0.29, 0.717) is 25.2 Å². The van der Waals surface area contributed by atoms with Gasteiger partial charge in [0.2, 0.25) is 0 Å². The summed E-state index contributed by atoms with van der Waals surface area (Å²) in [4.78, 5) is 0. The molecule has 0 saturated heterocycles. The molecule has 1 saturated carbocycles. The van der Waals surface area contributed by atoms with Crippen molar-refractivity contribution < 1.29 is 13.2 Å². The van der Waals surface area contributed by atoms with E-state index in [2.05, 4.69) is 11.2 Å². The maximum Gasteiger partial charge on any atom is 0.391 e. The van der Waals surface area contributed by atoms with Crippen molar-refractivity contribution in [3.05, 3.63) is 0 Å².